The van der Waals surface area contributed by atoms with E-state index < -0.39 is 18.1 Å². The molecule has 1 saturated heterocycles. The fourth-order valence-corrected chi connectivity index (χ4v) is 6.15. The summed E-state index contributed by atoms with van der Waals surface area (Å²) in [4.78, 5) is 40.8. The predicted octanol–water partition coefficient (Wildman–Crippen LogP) is 2.26. The number of nitrogens with zero attached hydrogens (tertiary/aromatic N) is 1. The van der Waals surface area contributed by atoms with Gasteiger partial charge in [0.15, 0.2) is 0 Å². The SMILES string of the molecule is COC(=O)[C@H]1C[C@@H](SCCCO)CN1C(=O)[C@@H](NC(=O)Cc1cccc(O)c1)C1CCCCC1. The second-order valence-corrected chi connectivity index (χ2v) is 10.5. The van der Waals surface area contributed by atoms with Crippen molar-refractivity contribution >= 4 is 29.5 Å². The zero-order valence-electron chi connectivity index (χ0n) is 19.8. The number of carbonyl (C=O) groups is 3. The van der Waals surface area contributed by atoms with Gasteiger partial charge in [-0.05, 0) is 55.1 Å². The molecule has 3 atom stereocenters. The third-order valence-corrected chi connectivity index (χ3v) is 7.99. The van der Waals surface area contributed by atoms with Crippen molar-refractivity contribution in [3.05, 3.63) is 29.8 Å². The Morgan fingerprint density at radius 1 is 1.24 bits per heavy atom. The molecule has 2 amide bonds. The summed E-state index contributed by atoms with van der Waals surface area (Å²) >= 11 is 1.65. The van der Waals surface area contributed by atoms with Gasteiger partial charge in [0, 0.05) is 18.4 Å². The largest absolute Gasteiger partial charge is 0.508 e. The van der Waals surface area contributed by atoms with Crippen LogP contribution in [0, 0.1) is 5.92 Å². The van der Waals surface area contributed by atoms with Gasteiger partial charge in [-0.2, -0.15) is 11.8 Å². The summed E-state index contributed by atoms with van der Waals surface area (Å²) in [6.07, 6.45) is 6.07. The average molecular weight is 493 g/mol. The number of nitrogens with one attached hydrogen (secondary N) is 1. The Bertz CT molecular complexity index is 844. The predicted molar refractivity (Wildman–Crippen MR) is 130 cm³/mol. The molecule has 0 radical (unpaired) electrons. The molecular weight excluding hydrogens is 456 g/mol. The molecule has 188 valence electrons. The van der Waals surface area contributed by atoms with Gasteiger partial charge in [-0.3, -0.25) is 9.59 Å². The first-order valence-electron chi connectivity index (χ1n) is 12.1. The zero-order valence-corrected chi connectivity index (χ0v) is 20.6. The van der Waals surface area contributed by atoms with Crippen molar-refractivity contribution < 1.29 is 29.3 Å². The van der Waals surface area contributed by atoms with E-state index in [0.717, 1.165) is 37.9 Å². The van der Waals surface area contributed by atoms with E-state index in [1.807, 2.05) is 0 Å². The second kappa shape index (κ2) is 13.0. The summed E-state index contributed by atoms with van der Waals surface area (Å²) in [5, 5.41) is 21.8. The topological polar surface area (TPSA) is 116 Å². The van der Waals surface area contributed by atoms with E-state index in [4.69, 9.17) is 9.84 Å². The molecule has 0 spiro atoms. The fourth-order valence-electron chi connectivity index (χ4n) is 4.94. The Morgan fingerprint density at radius 3 is 2.68 bits per heavy atom. The van der Waals surface area contributed by atoms with Gasteiger partial charge in [-0.25, -0.2) is 4.79 Å². The number of aliphatic hydroxyl groups excluding tert-OH is 1. The Labute approximate surface area is 205 Å². The smallest absolute Gasteiger partial charge is 0.328 e. The molecule has 2 fully saturated rings. The maximum absolute atomic E-state index is 13.8. The molecule has 0 aromatic heterocycles. The van der Waals surface area contributed by atoms with Crippen LogP contribution in [0.5, 0.6) is 5.75 Å². The summed E-state index contributed by atoms with van der Waals surface area (Å²) in [6.45, 7) is 0.526. The van der Waals surface area contributed by atoms with E-state index in [0.29, 0.717) is 24.9 Å². The lowest BCUT2D eigenvalue weighted by atomic mass is 9.83. The number of benzene rings is 1. The molecule has 0 unspecified atom stereocenters. The van der Waals surface area contributed by atoms with Crippen molar-refractivity contribution in [1.82, 2.24) is 10.2 Å². The molecule has 1 aliphatic heterocycles. The van der Waals surface area contributed by atoms with Gasteiger partial charge >= 0.3 is 5.97 Å². The number of phenolic OH excluding ortho intramolecular Hbond substituents is 1. The van der Waals surface area contributed by atoms with Crippen molar-refractivity contribution in [1.29, 1.82) is 0 Å². The van der Waals surface area contributed by atoms with Crippen molar-refractivity contribution in [2.75, 3.05) is 26.0 Å². The summed E-state index contributed by atoms with van der Waals surface area (Å²) in [5.41, 5.74) is 0.668. The van der Waals surface area contributed by atoms with Gasteiger partial charge < -0.3 is 25.2 Å². The minimum Gasteiger partial charge on any atom is -0.508 e. The number of amides is 2. The van der Waals surface area contributed by atoms with E-state index >= 15 is 0 Å². The number of rotatable bonds is 10. The highest BCUT2D eigenvalue weighted by Gasteiger charge is 2.44. The van der Waals surface area contributed by atoms with E-state index in [9.17, 15) is 19.5 Å². The minimum atomic E-state index is -0.696. The highest BCUT2D eigenvalue weighted by atomic mass is 32.2. The first-order chi connectivity index (χ1) is 16.4. The van der Waals surface area contributed by atoms with Gasteiger partial charge in [-0.1, -0.05) is 31.4 Å². The van der Waals surface area contributed by atoms with Crippen molar-refractivity contribution in [3.8, 4) is 5.75 Å². The maximum Gasteiger partial charge on any atom is 0.328 e. The number of phenols is 1. The number of methoxy groups -OCH3 is 1. The Hall–Kier alpha value is -2.26. The standard InChI is InChI=1S/C25H36N2O6S/c1-33-25(32)21-15-20(34-12-6-11-28)16-27(21)24(31)23(18-8-3-2-4-9-18)26-22(30)14-17-7-5-10-19(29)13-17/h5,7,10,13,18,20-21,23,28-29H,2-4,6,8-9,11-12,14-16H2,1H3,(H,26,30)/t20-,21-,23+/m1/s1. The lowest BCUT2D eigenvalue weighted by Gasteiger charge is -2.34. The summed E-state index contributed by atoms with van der Waals surface area (Å²) in [6, 6.07) is 5.17. The molecule has 8 nitrogen and oxygen atoms in total. The molecule has 34 heavy (non-hydrogen) atoms. The summed E-state index contributed by atoms with van der Waals surface area (Å²) < 4.78 is 4.99. The van der Waals surface area contributed by atoms with Crippen LogP contribution in [0.4, 0.5) is 0 Å². The van der Waals surface area contributed by atoms with Gasteiger partial charge in [0.05, 0.1) is 13.5 Å². The maximum atomic E-state index is 13.8. The van der Waals surface area contributed by atoms with Crippen LogP contribution in [-0.4, -0.2) is 76.2 Å². The number of hydrogen-bond donors (Lipinski definition) is 3. The molecule has 1 aromatic rings. The highest BCUT2D eigenvalue weighted by molar-refractivity contribution is 7.99. The molecule has 2 aliphatic rings. The van der Waals surface area contributed by atoms with Crippen molar-refractivity contribution in [3.63, 3.8) is 0 Å². The van der Waals surface area contributed by atoms with Crippen LogP contribution in [0.1, 0.15) is 50.5 Å². The molecule has 1 heterocycles. The van der Waals surface area contributed by atoms with Gasteiger partial charge in [0.25, 0.3) is 0 Å². The molecule has 1 aliphatic carbocycles. The summed E-state index contributed by atoms with van der Waals surface area (Å²) in [7, 11) is 1.33. The number of hydrogen-bond acceptors (Lipinski definition) is 7. The Morgan fingerprint density at radius 2 is 2.00 bits per heavy atom. The van der Waals surface area contributed by atoms with Crippen LogP contribution in [-0.2, 0) is 25.5 Å². The average Bonchev–Trinajstić information content (AvgIpc) is 3.26. The van der Waals surface area contributed by atoms with E-state index in [1.165, 1.54) is 7.11 Å². The van der Waals surface area contributed by atoms with E-state index in [2.05, 4.69) is 5.32 Å². The molecular formula is C25H36N2O6S. The molecule has 0 bridgehead atoms. The van der Waals surface area contributed by atoms with Crippen LogP contribution < -0.4 is 5.32 Å². The lowest BCUT2D eigenvalue weighted by molar-refractivity contribution is -0.152. The lowest BCUT2D eigenvalue weighted by Crippen LogP contribution is -2.55. The highest BCUT2D eigenvalue weighted by Crippen LogP contribution is 2.32. The van der Waals surface area contributed by atoms with Crippen molar-refractivity contribution in [2.24, 2.45) is 5.92 Å². The normalized spacial score (nSPS) is 21.8. The third-order valence-electron chi connectivity index (χ3n) is 6.65. The van der Waals surface area contributed by atoms with Crippen LogP contribution in [0.25, 0.3) is 0 Å². The molecule has 3 N–H and O–H groups in total. The van der Waals surface area contributed by atoms with Crippen LogP contribution >= 0.6 is 11.8 Å². The molecule has 3 rings (SSSR count). The number of ether oxygens (including phenoxy) is 1. The number of carbonyl (C=O) groups excluding carboxylic acids is 3. The monoisotopic (exact) mass is 492 g/mol. The second-order valence-electron chi connectivity index (χ2n) is 9.13. The van der Waals surface area contributed by atoms with Gasteiger partial charge in [0.1, 0.15) is 17.8 Å². The number of thioether (sulfide) groups is 1. The number of esters is 1. The number of aromatic hydroxyl groups is 1. The molecule has 1 aromatic carbocycles. The minimum absolute atomic E-state index is 0.0220. The van der Waals surface area contributed by atoms with Crippen LogP contribution in [0.3, 0.4) is 0 Å². The Kier molecular flexibility index (Phi) is 10.1. The van der Waals surface area contributed by atoms with E-state index in [1.54, 1.807) is 40.9 Å². The molecule has 9 heteroatoms. The summed E-state index contributed by atoms with van der Waals surface area (Å²) in [5.74, 6) is -0.0770. The number of likely N-dealkylation sites (tertiary alicyclic amines) is 1. The van der Waals surface area contributed by atoms with Gasteiger partial charge in [0.2, 0.25) is 11.8 Å². The quantitative estimate of drug-likeness (QED) is 0.339. The van der Waals surface area contributed by atoms with Crippen LogP contribution in [0.2, 0.25) is 0 Å². The zero-order chi connectivity index (χ0) is 24.5. The van der Waals surface area contributed by atoms with Gasteiger partial charge in [-0.15, -0.1) is 0 Å². The first-order valence-corrected chi connectivity index (χ1v) is 13.2. The van der Waals surface area contributed by atoms with Crippen LogP contribution in [0.15, 0.2) is 24.3 Å². The van der Waals surface area contributed by atoms with Crippen molar-refractivity contribution in [2.45, 2.75) is 68.7 Å². The van der Waals surface area contributed by atoms with E-state index in [-0.39, 0.29) is 41.8 Å². The fraction of sp³-hybridized carbons (Fsp3) is 0.640. The first kappa shape index (κ1) is 26.3. The number of aliphatic hydroxyl groups is 1. The molecule has 1 saturated carbocycles. The Balaban J connectivity index is 1.75. The third kappa shape index (κ3) is 7.12.